The first-order valence-electron chi connectivity index (χ1n) is 20.4. The van der Waals surface area contributed by atoms with Gasteiger partial charge in [-0.25, -0.2) is 0 Å². The third kappa shape index (κ3) is 5.70. The Labute approximate surface area is 345 Å². The lowest BCUT2D eigenvalue weighted by Crippen LogP contribution is -2.74. The van der Waals surface area contributed by atoms with E-state index in [9.17, 15) is 0 Å². The predicted molar refractivity (Wildman–Crippen MR) is 254 cm³/mol. The lowest BCUT2D eigenvalue weighted by Gasteiger charge is -2.35. The molecule has 0 unspecified atom stereocenters. The average molecular weight is 769 g/mol. The molecule has 0 aliphatic heterocycles. The summed E-state index contributed by atoms with van der Waals surface area (Å²) < 4.78 is 2.40. The van der Waals surface area contributed by atoms with Crippen LogP contribution in [0.5, 0.6) is 0 Å². The van der Waals surface area contributed by atoms with Gasteiger partial charge in [-0.3, -0.25) is 0 Å². The average Bonchev–Trinajstić information content (AvgIpc) is 3.66. The molecule has 1 aromatic heterocycles. The zero-order valence-electron chi connectivity index (χ0n) is 32.5. The number of hydrogen-bond donors (Lipinski definition) is 0. The van der Waals surface area contributed by atoms with Crippen molar-refractivity contribution in [2.45, 2.75) is 0 Å². The Bertz CT molecular complexity index is 3150. The second-order valence-electron chi connectivity index (χ2n) is 15.3. The maximum atomic E-state index is 2.47. The molecule has 1 heterocycles. The van der Waals surface area contributed by atoms with Crippen LogP contribution in [0.2, 0.25) is 0 Å². The van der Waals surface area contributed by atoms with Gasteiger partial charge in [-0.05, 0) is 96.9 Å². The number of para-hydroxylation sites is 2. The molecule has 59 heavy (non-hydrogen) atoms. The molecular formula is C56H40N2Si. The third-order valence-electron chi connectivity index (χ3n) is 12.1. The zero-order valence-corrected chi connectivity index (χ0v) is 33.5. The second kappa shape index (κ2) is 14.5. The van der Waals surface area contributed by atoms with Crippen LogP contribution in [0.15, 0.2) is 243 Å². The largest absolute Gasteiger partial charge is 0.310 e. The number of nitrogens with zero attached hydrogens (tertiary/aromatic N) is 2. The Morgan fingerprint density at radius 2 is 0.814 bits per heavy atom. The summed E-state index contributed by atoms with van der Waals surface area (Å²) in [6.45, 7) is 0. The molecule has 0 aliphatic rings. The fraction of sp³-hybridized carbons (Fsp3) is 0. The number of hydrogen-bond acceptors (Lipinski definition) is 1. The van der Waals surface area contributed by atoms with E-state index in [0.717, 1.165) is 22.7 Å². The standard InChI is InChI=1S/C56H40N2Si/c1-5-19-43(20-6-1)58-53-29-16-15-28-52(53)56-54(30-17-31-55(56)58)57(45-36-39-51-42(40-45)33-32-41-18-13-14-27-50(41)51)44-34-37-49(38-35-44)59(46-21-7-2-8-22-46,47-23-9-3-10-24-47)48-25-11-4-12-26-48/h1-40H. The van der Waals surface area contributed by atoms with Crippen molar-refractivity contribution in [3.63, 3.8) is 0 Å². The molecule has 0 spiro atoms. The van der Waals surface area contributed by atoms with Gasteiger partial charge >= 0.3 is 0 Å². The molecule has 0 aliphatic carbocycles. The van der Waals surface area contributed by atoms with Crippen molar-refractivity contribution < 1.29 is 0 Å². The van der Waals surface area contributed by atoms with Gasteiger partial charge in [0.2, 0.25) is 0 Å². The summed E-state index contributed by atoms with van der Waals surface area (Å²) in [7, 11) is -2.71. The molecule has 3 heteroatoms. The highest BCUT2D eigenvalue weighted by molar-refractivity contribution is 7.19. The molecule has 0 fully saturated rings. The van der Waals surface area contributed by atoms with Gasteiger partial charge in [-0.15, -0.1) is 0 Å². The van der Waals surface area contributed by atoms with Crippen LogP contribution < -0.4 is 25.6 Å². The molecule has 0 radical (unpaired) electrons. The van der Waals surface area contributed by atoms with Crippen LogP contribution in [-0.4, -0.2) is 12.6 Å². The minimum Gasteiger partial charge on any atom is -0.310 e. The molecule has 0 bridgehead atoms. The highest BCUT2D eigenvalue weighted by atomic mass is 28.3. The van der Waals surface area contributed by atoms with Crippen molar-refractivity contribution in [1.29, 1.82) is 0 Å². The van der Waals surface area contributed by atoms with E-state index in [1.54, 1.807) is 0 Å². The zero-order chi connectivity index (χ0) is 39.2. The molecule has 0 atom stereocenters. The monoisotopic (exact) mass is 768 g/mol. The van der Waals surface area contributed by atoms with Gasteiger partial charge in [0.25, 0.3) is 0 Å². The molecule has 0 saturated heterocycles. The normalized spacial score (nSPS) is 11.7. The van der Waals surface area contributed by atoms with E-state index in [4.69, 9.17) is 0 Å². The third-order valence-corrected chi connectivity index (χ3v) is 16.9. The molecule has 11 rings (SSSR count). The summed E-state index contributed by atoms with van der Waals surface area (Å²) in [6, 6.07) is 89.5. The Balaban J connectivity index is 1.17. The van der Waals surface area contributed by atoms with Crippen LogP contribution >= 0.6 is 0 Å². The van der Waals surface area contributed by atoms with Crippen LogP contribution in [0.1, 0.15) is 0 Å². The number of aromatic nitrogens is 1. The molecular weight excluding hydrogens is 729 g/mol. The topological polar surface area (TPSA) is 8.17 Å². The van der Waals surface area contributed by atoms with Gasteiger partial charge in [-0.2, -0.15) is 0 Å². The van der Waals surface area contributed by atoms with E-state index in [1.807, 2.05) is 0 Å². The summed E-state index contributed by atoms with van der Waals surface area (Å²) in [5, 5.41) is 12.9. The van der Waals surface area contributed by atoms with E-state index in [0.29, 0.717) is 0 Å². The molecule has 0 N–H and O–H groups in total. The summed E-state index contributed by atoms with van der Waals surface area (Å²) in [4.78, 5) is 2.47. The second-order valence-corrected chi connectivity index (χ2v) is 19.1. The summed E-state index contributed by atoms with van der Waals surface area (Å²) in [5.41, 5.74) is 6.86. The maximum Gasteiger partial charge on any atom is 0.179 e. The number of benzene rings is 10. The van der Waals surface area contributed by atoms with E-state index in [1.165, 1.54) is 64.1 Å². The minimum atomic E-state index is -2.71. The highest BCUT2D eigenvalue weighted by Crippen LogP contribution is 2.44. The molecule has 0 amide bonds. The first-order valence-corrected chi connectivity index (χ1v) is 22.4. The van der Waals surface area contributed by atoms with E-state index in [2.05, 4.69) is 252 Å². The van der Waals surface area contributed by atoms with Crippen molar-refractivity contribution in [3.05, 3.63) is 243 Å². The van der Waals surface area contributed by atoms with Crippen LogP contribution in [0.3, 0.4) is 0 Å². The number of anilines is 3. The molecule has 0 saturated carbocycles. The summed E-state index contributed by atoms with van der Waals surface area (Å²) in [5.74, 6) is 0. The quantitative estimate of drug-likeness (QED) is 0.0849. The maximum absolute atomic E-state index is 2.71. The van der Waals surface area contributed by atoms with Crippen molar-refractivity contribution in [1.82, 2.24) is 4.57 Å². The van der Waals surface area contributed by atoms with Gasteiger partial charge in [-0.1, -0.05) is 188 Å². The highest BCUT2D eigenvalue weighted by Gasteiger charge is 2.41. The van der Waals surface area contributed by atoms with E-state index < -0.39 is 8.07 Å². The SMILES string of the molecule is c1ccc(-n2c3ccccc3c3c(N(c4ccc([Si](c5ccccc5)(c5ccccc5)c5ccccc5)cc4)c4ccc5c(ccc6ccccc65)c4)cccc32)cc1. The number of fused-ring (bicyclic) bond motifs is 6. The first-order chi connectivity index (χ1) is 29.3. The fourth-order valence-corrected chi connectivity index (χ4v) is 14.3. The molecule has 10 aromatic carbocycles. The first kappa shape index (κ1) is 34.8. The van der Waals surface area contributed by atoms with Gasteiger partial charge in [0, 0.05) is 27.8 Å². The Morgan fingerprint density at radius 3 is 1.47 bits per heavy atom. The van der Waals surface area contributed by atoms with Crippen LogP contribution in [0.25, 0.3) is 49.0 Å². The molecule has 2 nitrogen and oxygen atoms in total. The smallest absolute Gasteiger partial charge is 0.179 e. The lowest BCUT2D eigenvalue weighted by atomic mass is 10.0. The van der Waals surface area contributed by atoms with Crippen molar-refractivity contribution in [3.8, 4) is 5.69 Å². The molecule has 11 aromatic rings. The molecule has 278 valence electrons. The van der Waals surface area contributed by atoms with Crippen LogP contribution in [0, 0.1) is 0 Å². The summed E-state index contributed by atoms with van der Waals surface area (Å²) in [6.07, 6.45) is 0. The Kier molecular flexibility index (Phi) is 8.53. The Morgan fingerprint density at radius 1 is 0.322 bits per heavy atom. The van der Waals surface area contributed by atoms with Crippen molar-refractivity contribution in [2.24, 2.45) is 0 Å². The van der Waals surface area contributed by atoms with E-state index in [-0.39, 0.29) is 0 Å². The Hall–Kier alpha value is -7.46. The fourth-order valence-electron chi connectivity index (χ4n) is 9.53. The van der Waals surface area contributed by atoms with Crippen molar-refractivity contribution >= 4 is 89.2 Å². The minimum absolute atomic E-state index is 1.11. The van der Waals surface area contributed by atoms with E-state index >= 15 is 0 Å². The van der Waals surface area contributed by atoms with Gasteiger partial charge in [0.1, 0.15) is 0 Å². The van der Waals surface area contributed by atoms with Crippen molar-refractivity contribution in [2.75, 3.05) is 4.90 Å². The predicted octanol–water partition coefficient (Wildman–Crippen LogP) is 11.9. The number of rotatable bonds is 8. The van der Waals surface area contributed by atoms with Gasteiger partial charge in [0.05, 0.1) is 16.7 Å². The van der Waals surface area contributed by atoms with Crippen LogP contribution in [-0.2, 0) is 0 Å². The van der Waals surface area contributed by atoms with Gasteiger partial charge in [0.15, 0.2) is 8.07 Å². The van der Waals surface area contributed by atoms with Crippen LogP contribution in [0.4, 0.5) is 17.1 Å². The summed E-state index contributed by atoms with van der Waals surface area (Å²) >= 11 is 0. The van der Waals surface area contributed by atoms with Gasteiger partial charge < -0.3 is 9.47 Å². The lowest BCUT2D eigenvalue weighted by molar-refractivity contribution is 1.18.